The minimum absolute atomic E-state index is 0.880. The highest BCUT2D eigenvalue weighted by Gasteiger charge is 2.20. The predicted octanol–water partition coefficient (Wildman–Crippen LogP) is 11.2. The van der Waals surface area contributed by atoms with E-state index in [1.54, 1.807) is 0 Å². The van der Waals surface area contributed by atoms with Crippen LogP contribution >= 0.6 is 19.5 Å². The van der Waals surface area contributed by atoms with Crippen molar-refractivity contribution in [1.29, 1.82) is 0 Å². The highest BCUT2D eigenvalue weighted by molar-refractivity contribution is 7.68. The van der Waals surface area contributed by atoms with Crippen molar-refractivity contribution in [3.63, 3.8) is 0 Å². The summed E-state index contributed by atoms with van der Waals surface area (Å²) in [6.07, 6.45) is 0. The number of rotatable bonds is 7. The predicted molar refractivity (Wildman–Crippen MR) is 205 cm³/mol. The van der Waals surface area contributed by atoms with E-state index in [4.69, 9.17) is 9.51 Å². The van der Waals surface area contributed by atoms with Crippen LogP contribution in [0.25, 0.3) is 59.4 Å². The van der Waals surface area contributed by atoms with E-state index < -0.39 is 8.15 Å². The standard InChI is InChI=1S/C43H29N2OPS/c1-5-13-30(14-6-1)43-44-39-28-32(21-24-40(39)45(43)33-15-7-2-8-16-33)31-22-25-41-37(27-31)38-29-36(23-26-42(38)48-41)47(35-19-11-4-12-20-35)46-34-17-9-3-10-18-34/h1-29H. The van der Waals surface area contributed by atoms with Crippen LogP contribution in [0.1, 0.15) is 0 Å². The fraction of sp³-hybridized carbons (Fsp3) is 0. The summed E-state index contributed by atoms with van der Waals surface area (Å²) >= 11 is 1.84. The first kappa shape index (κ1) is 28.7. The molecule has 0 N–H and O–H groups in total. The summed E-state index contributed by atoms with van der Waals surface area (Å²) in [5, 5.41) is 4.90. The molecule has 9 aromatic rings. The molecule has 0 spiro atoms. The van der Waals surface area contributed by atoms with E-state index in [1.807, 2.05) is 47.7 Å². The zero-order valence-corrected chi connectivity index (χ0v) is 27.6. The van der Waals surface area contributed by atoms with Gasteiger partial charge >= 0.3 is 0 Å². The van der Waals surface area contributed by atoms with Crippen LogP contribution in [0.5, 0.6) is 5.75 Å². The first-order valence-electron chi connectivity index (χ1n) is 16.0. The van der Waals surface area contributed by atoms with Gasteiger partial charge in [-0.1, -0.05) is 109 Å². The SMILES string of the molecule is c1ccc(OP(c2ccccc2)c2ccc3sc4ccc(-c5ccc6c(c5)nc(-c5ccccc5)n6-c5ccccc5)cc4c3c2)cc1. The van der Waals surface area contributed by atoms with Gasteiger partial charge in [0.15, 0.2) is 8.15 Å². The molecule has 0 saturated heterocycles. The van der Waals surface area contributed by atoms with Gasteiger partial charge in [0.05, 0.1) is 11.0 Å². The van der Waals surface area contributed by atoms with Crippen molar-refractivity contribution in [3.8, 4) is 34.0 Å². The molecular formula is C43H29N2OPS. The van der Waals surface area contributed by atoms with Gasteiger partial charge in [0.2, 0.25) is 0 Å². The number of fused-ring (bicyclic) bond motifs is 4. The fourth-order valence-electron chi connectivity index (χ4n) is 6.36. The van der Waals surface area contributed by atoms with Crippen molar-refractivity contribution in [3.05, 3.63) is 176 Å². The largest absolute Gasteiger partial charge is 0.464 e. The summed E-state index contributed by atoms with van der Waals surface area (Å²) < 4.78 is 11.5. The molecule has 0 aliphatic heterocycles. The van der Waals surface area contributed by atoms with Crippen LogP contribution in [-0.4, -0.2) is 9.55 Å². The molecule has 228 valence electrons. The molecule has 0 bridgehead atoms. The molecule has 0 saturated carbocycles. The van der Waals surface area contributed by atoms with Crippen LogP contribution in [0, 0.1) is 0 Å². The van der Waals surface area contributed by atoms with Crippen molar-refractivity contribution in [1.82, 2.24) is 9.55 Å². The minimum atomic E-state index is -1.05. The van der Waals surface area contributed by atoms with Crippen molar-refractivity contribution in [2.24, 2.45) is 0 Å². The zero-order chi connectivity index (χ0) is 31.9. The average Bonchev–Trinajstić information content (AvgIpc) is 3.73. The summed E-state index contributed by atoms with van der Waals surface area (Å²) in [4.78, 5) is 5.20. The third kappa shape index (κ3) is 5.26. The lowest BCUT2D eigenvalue weighted by Gasteiger charge is -2.19. The topological polar surface area (TPSA) is 27.1 Å². The Balaban J connectivity index is 1.15. The number of thiophene rings is 1. The summed E-state index contributed by atoms with van der Waals surface area (Å²) in [5.74, 6) is 1.82. The fourth-order valence-corrected chi connectivity index (χ4v) is 9.16. The van der Waals surface area contributed by atoms with Gasteiger partial charge in [-0.3, -0.25) is 4.57 Å². The van der Waals surface area contributed by atoms with Crippen LogP contribution in [0.2, 0.25) is 0 Å². The Kier molecular flexibility index (Phi) is 7.31. The lowest BCUT2D eigenvalue weighted by atomic mass is 10.0. The van der Waals surface area contributed by atoms with Crippen LogP contribution in [0.4, 0.5) is 0 Å². The Morgan fingerprint density at radius 1 is 0.500 bits per heavy atom. The lowest BCUT2D eigenvalue weighted by Crippen LogP contribution is -2.15. The second-order valence-electron chi connectivity index (χ2n) is 11.7. The Hall–Kier alpha value is -5.54. The highest BCUT2D eigenvalue weighted by Crippen LogP contribution is 2.41. The molecular weight excluding hydrogens is 624 g/mol. The number of hydrogen-bond acceptors (Lipinski definition) is 3. The normalized spacial score (nSPS) is 12.1. The summed E-state index contributed by atoms with van der Waals surface area (Å²) in [6.45, 7) is 0. The second kappa shape index (κ2) is 12.2. The Bertz CT molecular complexity index is 2530. The number of imidazole rings is 1. The molecule has 9 rings (SSSR count). The minimum Gasteiger partial charge on any atom is -0.464 e. The molecule has 5 heteroatoms. The van der Waals surface area contributed by atoms with Gasteiger partial charge in [-0.05, 0) is 77.9 Å². The first-order chi connectivity index (χ1) is 23.8. The van der Waals surface area contributed by atoms with Gasteiger partial charge in [-0.15, -0.1) is 11.3 Å². The molecule has 2 heterocycles. The first-order valence-corrected chi connectivity index (χ1v) is 18.0. The molecule has 48 heavy (non-hydrogen) atoms. The molecule has 0 amide bonds. The second-order valence-corrected chi connectivity index (χ2v) is 14.6. The molecule has 0 fully saturated rings. The van der Waals surface area contributed by atoms with Gasteiger partial charge in [-0.25, -0.2) is 4.98 Å². The van der Waals surface area contributed by atoms with E-state index in [0.717, 1.165) is 39.4 Å². The van der Waals surface area contributed by atoms with Crippen molar-refractivity contribution >= 4 is 61.3 Å². The Morgan fingerprint density at radius 3 is 1.85 bits per heavy atom. The molecule has 7 aromatic carbocycles. The third-order valence-corrected chi connectivity index (χ3v) is 11.7. The van der Waals surface area contributed by atoms with E-state index in [0.29, 0.717) is 0 Å². The van der Waals surface area contributed by atoms with E-state index >= 15 is 0 Å². The van der Waals surface area contributed by atoms with Gasteiger partial charge in [-0.2, -0.15) is 0 Å². The smallest absolute Gasteiger partial charge is 0.150 e. The molecule has 1 atom stereocenters. The summed E-state index contributed by atoms with van der Waals surface area (Å²) in [7, 11) is -1.05. The average molecular weight is 653 g/mol. The number of aromatic nitrogens is 2. The molecule has 0 aliphatic rings. The lowest BCUT2D eigenvalue weighted by molar-refractivity contribution is 0.630. The molecule has 3 nitrogen and oxygen atoms in total. The summed E-state index contributed by atoms with van der Waals surface area (Å²) in [5.41, 5.74) is 6.57. The Labute approximate surface area is 284 Å². The van der Waals surface area contributed by atoms with Crippen molar-refractivity contribution in [2.75, 3.05) is 0 Å². The highest BCUT2D eigenvalue weighted by atomic mass is 32.1. The van der Waals surface area contributed by atoms with E-state index in [-0.39, 0.29) is 0 Å². The van der Waals surface area contributed by atoms with Gasteiger partial charge < -0.3 is 4.52 Å². The molecule has 0 aliphatic carbocycles. The van der Waals surface area contributed by atoms with Crippen LogP contribution in [-0.2, 0) is 0 Å². The van der Waals surface area contributed by atoms with E-state index in [1.165, 1.54) is 36.3 Å². The van der Waals surface area contributed by atoms with Crippen LogP contribution < -0.4 is 15.1 Å². The van der Waals surface area contributed by atoms with Crippen molar-refractivity contribution < 1.29 is 4.52 Å². The maximum absolute atomic E-state index is 6.69. The summed E-state index contributed by atoms with van der Waals surface area (Å²) in [6, 6.07) is 62.0. The van der Waals surface area contributed by atoms with Crippen LogP contribution in [0.3, 0.4) is 0 Å². The number of nitrogens with zero attached hydrogens (tertiary/aromatic N) is 2. The van der Waals surface area contributed by atoms with Gasteiger partial charge in [0.25, 0.3) is 0 Å². The third-order valence-electron chi connectivity index (χ3n) is 8.65. The van der Waals surface area contributed by atoms with Crippen molar-refractivity contribution in [2.45, 2.75) is 0 Å². The number of para-hydroxylation sites is 2. The quantitative estimate of drug-likeness (QED) is 0.160. The van der Waals surface area contributed by atoms with E-state index in [2.05, 4.69) is 144 Å². The molecule has 2 aromatic heterocycles. The monoisotopic (exact) mass is 652 g/mol. The van der Waals surface area contributed by atoms with Gasteiger partial charge in [0.1, 0.15) is 11.6 Å². The number of benzene rings is 7. The zero-order valence-electron chi connectivity index (χ0n) is 25.9. The van der Waals surface area contributed by atoms with Gasteiger partial charge in [0, 0.05) is 42.0 Å². The maximum atomic E-state index is 6.69. The Morgan fingerprint density at radius 2 is 1.10 bits per heavy atom. The molecule has 1 unspecified atom stereocenters. The van der Waals surface area contributed by atoms with E-state index in [9.17, 15) is 0 Å². The molecule has 0 radical (unpaired) electrons. The number of hydrogen-bond donors (Lipinski definition) is 0. The maximum Gasteiger partial charge on any atom is 0.150 e. The van der Waals surface area contributed by atoms with Crippen LogP contribution in [0.15, 0.2) is 176 Å².